The average Bonchev–Trinajstić information content (AvgIpc) is 3.09. The van der Waals surface area contributed by atoms with Gasteiger partial charge in [0.1, 0.15) is 5.82 Å². The number of nitrogens with zero attached hydrogens (tertiary/aromatic N) is 1. The highest BCUT2D eigenvalue weighted by Crippen LogP contribution is 2.30. The van der Waals surface area contributed by atoms with Crippen LogP contribution in [0.5, 0.6) is 0 Å². The normalized spacial score (nSPS) is 22.2. The Hall–Kier alpha value is -1.07. The Bertz CT molecular complexity index is 497. The molecule has 1 saturated carbocycles. The lowest BCUT2D eigenvalue weighted by atomic mass is 10.1. The van der Waals surface area contributed by atoms with Crippen molar-refractivity contribution in [3.63, 3.8) is 0 Å². The van der Waals surface area contributed by atoms with E-state index in [1.807, 2.05) is 0 Å². The van der Waals surface area contributed by atoms with Crippen molar-refractivity contribution in [3.8, 4) is 0 Å². The smallest absolute Gasteiger partial charge is 0.161 e. The van der Waals surface area contributed by atoms with E-state index in [-0.39, 0.29) is 5.56 Å². The molecule has 3 rings (SSSR count). The highest BCUT2D eigenvalue weighted by atomic mass is 19.2. The topological polar surface area (TPSA) is 15.3 Å². The maximum atomic E-state index is 13.8. The third-order valence-electron chi connectivity index (χ3n) is 4.34. The molecule has 1 aromatic rings. The molecular weight excluding hydrogens is 277 g/mol. The van der Waals surface area contributed by atoms with Crippen LogP contribution in [0.2, 0.25) is 0 Å². The molecule has 1 saturated heterocycles. The lowest BCUT2D eigenvalue weighted by molar-refractivity contribution is 0.228. The standard InChI is InChI=1S/C16H21F3N2/c17-14-7-16(19)15(18)6-12(14)9-21(8-11-3-4-11)10-13-2-1-5-20-13/h6-7,11,13,20H,1-5,8-10H2. The molecule has 0 spiro atoms. The van der Waals surface area contributed by atoms with Crippen molar-refractivity contribution in [3.05, 3.63) is 35.1 Å². The van der Waals surface area contributed by atoms with E-state index in [9.17, 15) is 13.2 Å². The summed E-state index contributed by atoms with van der Waals surface area (Å²) in [5.74, 6) is -2.08. The molecule has 1 aliphatic heterocycles. The number of benzene rings is 1. The second-order valence-electron chi connectivity index (χ2n) is 6.29. The van der Waals surface area contributed by atoms with Gasteiger partial charge in [0.25, 0.3) is 0 Å². The van der Waals surface area contributed by atoms with Crippen LogP contribution in [-0.4, -0.2) is 30.6 Å². The van der Waals surface area contributed by atoms with Gasteiger partial charge in [-0.3, -0.25) is 4.90 Å². The molecule has 0 radical (unpaired) electrons. The molecule has 1 aliphatic carbocycles. The summed E-state index contributed by atoms with van der Waals surface area (Å²) < 4.78 is 40.1. The number of nitrogens with one attached hydrogen (secondary N) is 1. The molecule has 1 heterocycles. The van der Waals surface area contributed by atoms with Crippen molar-refractivity contribution in [2.24, 2.45) is 5.92 Å². The van der Waals surface area contributed by atoms with Gasteiger partial charge >= 0.3 is 0 Å². The molecule has 1 aromatic carbocycles. The van der Waals surface area contributed by atoms with Crippen LogP contribution >= 0.6 is 0 Å². The van der Waals surface area contributed by atoms with Crippen molar-refractivity contribution in [2.75, 3.05) is 19.6 Å². The van der Waals surface area contributed by atoms with Crippen LogP contribution in [-0.2, 0) is 6.54 Å². The minimum atomic E-state index is -1.12. The Morgan fingerprint density at radius 2 is 1.76 bits per heavy atom. The highest BCUT2D eigenvalue weighted by molar-refractivity contribution is 5.20. The van der Waals surface area contributed by atoms with Crippen molar-refractivity contribution in [1.82, 2.24) is 10.2 Å². The first-order valence-corrected chi connectivity index (χ1v) is 7.71. The van der Waals surface area contributed by atoms with Crippen LogP contribution in [0.25, 0.3) is 0 Å². The fourth-order valence-electron chi connectivity index (χ4n) is 3.02. The molecule has 21 heavy (non-hydrogen) atoms. The quantitative estimate of drug-likeness (QED) is 0.812. The Labute approximate surface area is 123 Å². The molecule has 0 bridgehead atoms. The molecule has 5 heteroatoms. The molecule has 116 valence electrons. The van der Waals surface area contributed by atoms with E-state index >= 15 is 0 Å². The van der Waals surface area contributed by atoms with E-state index in [4.69, 9.17) is 0 Å². The first kappa shape index (κ1) is 14.9. The summed E-state index contributed by atoms with van der Waals surface area (Å²) in [5.41, 5.74) is 0.243. The molecular formula is C16H21F3N2. The van der Waals surface area contributed by atoms with Gasteiger partial charge in [0.05, 0.1) is 0 Å². The number of rotatable bonds is 6. The van der Waals surface area contributed by atoms with Gasteiger partial charge in [-0.2, -0.15) is 0 Å². The second-order valence-corrected chi connectivity index (χ2v) is 6.29. The van der Waals surface area contributed by atoms with Gasteiger partial charge in [-0.25, -0.2) is 13.2 Å². The zero-order chi connectivity index (χ0) is 14.8. The molecule has 1 atom stereocenters. The van der Waals surface area contributed by atoms with Gasteiger partial charge in [0.2, 0.25) is 0 Å². The zero-order valence-electron chi connectivity index (χ0n) is 12.0. The molecule has 1 unspecified atom stereocenters. The summed E-state index contributed by atoms with van der Waals surface area (Å²) in [6.07, 6.45) is 4.73. The summed E-state index contributed by atoms with van der Waals surface area (Å²) in [5, 5.41) is 3.43. The van der Waals surface area contributed by atoms with Crippen LogP contribution in [0.15, 0.2) is 12.1 Å². The van der Waals surface area contributed by atoms with Gasteiger partial charge < -0.3 is 5.32 Å². The van der Waals surface area contributed by atoms with Gasteiger partial charge in [0.15, 0.2) is 11.6 Å². The molecule has 2 aliphatic rings. The minimum absolute atomic E-state index is 0.243. The van der Waals surface area contributed by atoms with Crippen molar-refractivity contribution < 1.29 is 13.2 Å². The fraction of sp³-hybridized carbons (Fsp3) is 0.625. The lowest BCUT2D eigenvalue weighted by Gasteiger charge is -2.26. The lowest BCUT2D eigenvalue weighted by Crippen LogP contribution is -2.38. The first-order chi connectivity index (χ1) is 10.1. The van der Waals surface area contributed by atoms with E-state index in [0.717, 1.165) is 32.1 Å². The van der Waals surface area contributed by atoms with Gasteiger partial charge in [-0.15, -0.1) is 0 Å². The number of halogens is 3. The minimum Gasteiger partial charge on any atom is -0.313 e. The Kier molecular flexibility index (Phi) is 4.50. The first-order valence-electron chi connectivity index (χ1n) is 7.71. The predicted molar refractivity (Wildman–Crippen MR) is 75.3 cm³/mol. The van der Waals surface area contributed by atoms with Crippen molar-refractivity contribution in [2.45, 2.75) is 38.3 Å². The van der Waals surface area contributed by atoms with Crippen LogP contribution in [0.4, 0.5) is 13.2 Å². The van der Waals surface area contributed by atoms with E-state index in [1.54, 1.807) is 0 Å². The van der Waals surface area contributed by atoms with Crippen molar-refractivity contribution in [1.29, 1.82) is 0 Å². The van der Waals surface area contributed by atoms with E-state index < -0.39 is 17.5 Å². The van der Waals surface area contributed by atoms with Gasteiger partial charge in [0, 0.05) is 37.3 Å². The van der Waals surface area contributed by atoms with Crippen LogP contribution < -0.4 is 5.32 Å². The van der Waals surface area contributed by atoms with E-state index in [1.165, 1.54) is 19.3 Å². The highest BCUT2D eigenvalue weighted by Gasteiger charge is 2.27. The molecule has 2 fully saturated rings. The van der Waals surface area contributed by atoms with E-state index in [0.29, 0.717) is 24.6 Å². The summed E-state index contributed by atoms with van der Waals surface area (Å²) in [6, 6.07) is 2.07. The maximum Gasteiger partial charge on any atom is 0.161 e. The largest absolute Gasteiger partial charge is 0.313 e. The SMILES string of the molecule is Fc1cc(F)c(CN(CC2CC2)CC2CCCN2)cc1F. The van der Waals surface area contributed by atoms with Crippen LogP contribution in [0, 0.1) is 23.4 Å². The monoisotopic (exact) mass is 298 g/mol. The number of hydrogen-bond donors (Lipinski definition) is 1. The molecule has 0 aromatic heterocycles. The average molecular weight is 298 g/mol. The molecule has 1 N–H and O–H groups in total. The fourth-order valence-corrected chi connectivity index (χ4v) is 3.02. The number of hydrogen-bond acceptors (Lipinski definition) is 2. The zero-order valence-corrected chi connectivity index (χ0v) is 12.0. The Morgan fingerprint density at radius 3 is 2.43 bits per heavy atom. The molecule has 0 amide bonds. The third kappa shape index (κ3) is 3.98. The Morgan fingerprint density at radius 1 is 1.00 bits per heavy atom. The molecule has 2 nitrogen and oxygen atoms in total. The summed E-state index contributed by atoms with van der Waals surface area (Å²) >= 11 is 0. The summed E-state index contributed by atoms with van der Waals surface area (Å²) in [6.45, 7) is 3.13. The predicted octanol–water partition coefficient (Wildman–Crippen LogP) is 3.07. The maximum absolute atomic E-state index is 13.8. The summed E-state index contributed by atoms with van der Waals surface area (Å²) in [4.78, 5) is 2.18. The van der Waals surface area contributed by atoms with Crippen molar-refractivity contribution >= 4 is 0 Å². The Balaban J connectivity index is 1.68. The van der Waals surface area contributed by atoms with Crippen LogP contribution in [0.3, 0.4) is 0 Å². The van der Waals surface area contributed by atoms with E-state index in [2.05, 4.69) is 10.2 Å². The third-order valence-corrected chi connectivity index (χ3v) is 4.34. The van der Waals surface area contributed by atoms with Gasteiger partial charge in [-0.05, 0) is 44.2 Å². The summed E-state index contributed by atoms with van der Waals surface area (Å²) in [7, 11) is 0. The second kappa shape index (κ2) is 6.36. The van der Waals surface area contributed by atoms with Crippen LogP contribution in [0.1, 0.15) is 31.2 Å². The van der Waals surface area contributed by atoms with Gasteiger partial charge in [-0.1, -0.05) is 0 Å².